The van der Waals surface area contributed by atoms with E-state index in [4.69, 9.17) is 10.2 Å². The number of rotatable bonds is 1. The Morgan fingerprint density at radius 3 is 2.23 bits per heavy atom. The molecule has 1 aliphatic heterocycles. The molecule has 0 aromatic heterocycles. The molecule has 0 radical (unpaired) electrons. The van der Waals surface area contributed by atoms with E-state index in [0.29, 0.717) is 4.90 Å². The number of nitrogens with zero attached hydrogens (tertiary/aromatic N) is 2. The Morgan fingerprint density at radius 1 is 1.46 bits per heavy atom. The molecule has 1 atom stereocenters. The Bertz CT molecular complexity index is 276. The third-order valence-electron chi connectivity index (χ3n) is 1.87. The van der Waals surface area contributed by atoms with E-state index >= 15 is 0 Å². The van der Waals surface area contributed by atoms with Gasteiger partial charge in [0.15, 0.2) is 0 Å². The van der Waals surface area contributed by atoms with Gasteiger partial charge in [0, 0.05) is 7.05 Å². The lowest BCUT2D eigenvalue weighted by Crippen LogP contribution is -2.36. The highest BCUT2D eigenvalue weighted by molar-refractivity contribution is 5.95. The van der Waals surface area contributed by atoms with Crippen molar-refractivity contribution in [2.45, 2.75) is 6.04 Å². The van der Waals surface area contributed by atoms with Crippen LogP contribution in [0.5, 0.6) is 0 Å². The molecule has 7 heteroatoms. The van der Waals surface area contributed by atoms with Gasteiger partial charge in [0.2, 0.25) is 0 Å². The molecule has 7 nitrogen and oxygen atoms in total. The number of amides is 3. The predicted molar refractivity (Wildman–Crippen MR) is 39.3 cm³/mol. The maximum atomic E-state index is 11.1. The molecule has 3 amide bonds. The molecule has 1 heterocycles. The molecule has 0 saturated carbocycles. The number of hydrogen-bond donors (Lipinski definition) is 2. The van der Waals surface area contributed by atoms with Crippen LogP contribution in [0.2, 0.25) is 0 Å². The first-order valence-corrected chi connectivity index (χ1v) is 3.45. The monoisotopic (exact) mass is 188 g/mol. The van der Waals surface area contributed by atoms with Gasteiger partial charge in [-0.25, -0.2) is 19.3 Å². The van der Waals surface area contributed by atoms with Gasteiger partial charge in [-0.3, -0.25) is 0 Å². The zero-order valence-electron chi connectivity index (χ0n) is 6.80. The fourth-order valence-electron chi connectivity index (χ4n) is 1.10. The summed E-state index contributed by atoms with van der Waals surface area (Å²) in [6, 6.07) is -1.89. The minimum absolute atomic E-state index is 0.319. The Hall–Kier alpha value is -1.79. The van der Waals surface area contributed by atoms with Crippen molar-refractivity contribution in [1.82, 2.24) is 9.80 Å². The predicted octanol–water partition coefficient (Wildman–Crippen LogP) is -0.515. The van der Waals surface area contributed by atoms with E-state index in [9.17, 15) is 14.4 Å². The molecule has 0 unspecified atom stereocenters. The number of carboxylic acids is 1. The van der Waals surface area contributed by atoms with Crippen molar-refractivity contribution in [2.75, 3.05) is 13.6 Å². The molecular formula is C6H8N2O5. The second kappa shape index (κ2) is 2.92. The third-order valence-corrected chi connectivity index (χ3v) is 1.87. The molecule has 13 heavy (non-hydrogen) atoms. The molecule has 1 saturated heterocycles. The number of hydrogen-bond acceptors (Lipinski definition) is 3. The second-order valence-electron chi connectivity index (χ2n) is 2.64. The number of likely N-dealkylation sites (N-methyl/N-ethyl adjacent to an activating group) is 1. The minimum Gasteiger partial charge on any atom is -0.480 e. The summed E-state index contributed by atoms with van der Waals surface area (Å²) in [6.45, 7) is -0.319. The lowest BCUT2D eigenvalue weighted by atomic mass is 10.3. The fourth-order valence-corrected chi connectivity index (χ4v) is 1.10. The van der Waals surface area contributed by atoms with E-state index in [1.165, 1.54) is 7.05 Å². The summed E-state index contributed by atoms with van der Waals surface area (Å²) >= 11 is 0. The number of imide groups is 1. The van der Waals surface area contributed by atoms with Crippen molar-refractivity contribution in [3.8, 4) is 0 Å². The van der Waals surface area contributed by atoms with E-state index in [0.717, 1.165) is 4.90 Å². The summed E-state index contributed by atoms with van der Waals surface area (Å²) < 4.78 is 0. The highest BCUT2D eigenvalue weighted by atomic mass is 16.4. The average molecular weight is 188 g/mol. The molecule has 1 fully saturated rings. The number of carboxylic acid groups (broad SMARTS) is 2. The summed E-state index contributed by atoms with van der Waals surface area (Å²) in [5, 5.41) is 17.1. The topological polar surface area (TPSA) is 98.2 Å². The van der Waals surface area contributed by atoms with Crippen LogP contribution in [0.4, 0.5) is 9.59 Å². The molecule has 0 aromatic carbocycles. The van der Waals surface area contributed by atoms with Gasteiger partial charge in [-0.05, 0) is 0 Å². The summed E-state index contributed by atoms with van der Waals surface area (Å²) in [5.74, 6) is -1.21. The van der Waals surface area contributed by atoms with Gasteiger partial charge in [0.05, 0.1) is 6.54 Å². The first-order valence-electron chi connectivity index (χ1n) is 3.45. The van der Waals surface area contributed by atoms with E-state index in [2.05, 4.69) is 0 Å². The summed E-state index contributed by atoms with van der Waals surface area (Å²) in [6.07, 6.45) is -1.43. The second-order valence-corrected chi connectivity index (χ2v) is 2.64. The molecule has 0 aliphatic carbocycles. The van der Waals surface area contributed by atoms with Crippen LogP contribution >= 0.6 is 0 Å². The van der Waals surface area contributed by atoms with Gasteiger partial charge >= 0.3 is 18.1 Å². The molecule has 0 aromatic rings. The molecule has 0 spiro atoms. The smallest absolute Gasteiger partial charge is 0.415 e. The SMILES string of the molecule is CN1C(=O)N(C(=O)O)C[C@@H]1C(=O)O. The van der Waals surface area contributed by atoms with Crippen LogP contribution in [0.15, 0.2) is 0 Å². The van der Waals surface area contributed by atoms with Crippen LogP contribution in [0.25, 0.3) is 0 Å². The van der Waals surface area contributed by atoms with E-state index in [1.807, 2.05) is 0 Å². The lowest BCUT2D eigenvalue weighted by molar-refractivity contribution is -0.140. The summed E-state index contributed by atoms with van der Waals surface area (Å²) in [7, 11) is 1.25. The first-order chi connectivity index (χ1) is 5.95. The first kappa shape index (κ1) is 9.30. The van der Waals surface area contributed by atoms with Crippen LogP contribution < -0.4 is 0 Å². The third kappa shape index (κ3) is 1.40. The summed E-state index contributed by atoms with van der Waals surface area (Å²) in [4.78, 5) is 33.3. The van der Waals surface area contributed by atoms with Gasteiger partial charge in [0.1, 0.15) is 6.04 Å². The van der Waals surface area contributed by atoms with Gasteiger partial charge in [-0.15, -0.1) is 0 Å². The molecule has 1 aliphatic rings. The van der Waals surface area contributed by atoms with Gasteiger partial charge in [0.25, 0.3) is 0 Å². The van der Waals surface area contributed by atoms with Gasteiger partial charge < -0.3 is 15.1 Å². The van der Waals surface area contributed by atoms with Crippen molar-refractivity contribution >= 4 is 18.1 Å². The number of urea groups is 1. The molecule has 1 rings (SSSR count). The highest BCUT2D eigenvalue weighted by Gasteiger charge is 2.42. The summed E-state index contributed by atoms with van der Waals surface area (Å²) in [5.41, 5.74) is 0. The molecule has 72 valence electrons. The highest BCUT2D eigenvalue weighted by Crippen LogP contribution is 2.13. The van der Waals surface area contributed by atoms with Crippen molar-refractivity contribution in [2.24, 2.45) is 0 Å². The zero-order chi connectivity index (χ0) is 10.2. The largest absolute Gasteiger partial charge is 0.480 e. The lowest BCUT2D eigenvalue weighted by Gasteiger charge is -2.12. The molecular weight excluding hydrogens is 180 g/mol. The van der Waals surface area contributed by atoms with Crippen LogP contribution in [0.3, 0.4) is 0 Å². The van der Waals surface area contributed by atoms with Crippen LogP contribution in [-0.2, 0) is 4.79 Å². The normalized spacial score (nSPS) is 22.2. The Labute approximate surface area is 73.2 Å². The van der Waals surface area contributed by atoms with E-state index in [1.54, 1.807) is 0 Å². The van der Waals surface area contributed by atoms with E-state index < -0.39 is 24.1 Å². The van der Waals surface area contributed by atoms with Crippen LogP contribution in [0.1, 0.15) is 0 Å². The van der Waals surface area contributed by atoms with Gasteiger partial charge in [-0.1, -0.05) is 0 Å². The van der Waals surface area contributed by atoms with Crippen molar-refractivity contribution in [1.29, 1.82) is 0 Å². The standard InChI is InChI=1S/C6H8N2O5/c1-7-3(4(9)10)2-8(5(7)11)6(12)13/h3H,2H2,1H3,(H,9,10)(H,12,13)/t3-/m1/s1. The Kier molecular flexibility index (Phi) is 2.09. The fraction of sp³-hybridized carbons (Fsp3) is 0.500. The van der Waals surface area contributed by atoms with Crippen molar-refractivity contribution < 1.29 is 24.6 Å². The van der Waals surface area contributed by atoms with Crippen molar-refractivity contribution in [3.63, 3.8) is 0 Å². The Balaban J connectivity index is 2.84. The number of aliphatic carboxylic acids is 1. The average Bonchev–Trinajstić information content (AvgIpc) is 2.29. The maximum Gasteiger partial charge on any atom is 0.415 e. The van der Waals surface area contributed by atoms with E-state index in [-0.39, 0.29) is 6.54 Å². The molecule has 2 N–H and O–H groups in total. The molecule has 0 bridgehead atoms. The number of carbonyl (C=O) groups excluding carboxylic acids is 1. The maximum absolute atomic E-state index is 11.1. The van der Waals surface area contributed by atoms with Gasteiger partial charge in [-0.2, -0.15) is 0 Å². The van der Waals surface area contributed by atoms with Crippen LogP contribution in [-0.4, -0.2) is 57.7 Å². The van der Waals surface area contributed by atoms with Crippen LogP contribution in [0, 0.1) is 0 Å². The minimum atomic E-state index is -1.43. The zero-order valence-corrected chi connectivity index (χ0v) is 6.80. The Morgan fingerprint density at radius 2 is 2.00 bits per heavy atom. The quantitative estimate of drug-likeness (QED) is 0.577. The van der Waals surface area contributed by atoms with Crippen molar-refractivity contribution in [3.05, 3.63) is 0 Å². The number of carbonyl (C=O) groups is 3.